The summed E-state index contributed by atoms with van der Waals surface area (Å²) in [5.41, 5.74) is 0. The number of nitrogens with zero attached hydrogens (tertiary/aromatic N) is 1. The highest BCUT2D eigenvalue weighted by molar-refractivity contribution is 6.35. The zero-order valence-electron chi connectivity index (χ0n) is 14.0. The Labute approximate surface area is 137 Å². The van der Waals surface area contributed by atoms with Crippen LogP contribution < -0.4 is 10.6 Å². The van der Waals surface area contributed by atoms with E-state index in [-0.39, 0.29) is 0 Å². The number of hydrogen-bond acceptors (Lipinski definition) is 4. The van der Waals surface area contributed by atoms with Crippen molar-refractivity contribution < 1.29 is 14.0 Å². The fourth-order valence-electron chi connectivity index (χ4n) is 2.67. The second-order valence-electron chi connectivity index (χ2n) is 6.61. The largest absolute Gasteiger partial charge is 0.468 e. The van der Waals surface area contributed by atoms with E-state index in [1.807, 2.05) is 26.0 Å². The molecule has 1 fully saturated rings. The van der Waals surface area contributed by atoms with Crippen LogP contribution in [0.4, 0.5) is 0 Å². The fraction of sp³-hybridized carbons (Fsp3) is 0.647. The molecule has 0 aromatic carbocycles. The first kappa shape index (κ1) is 17.5. The summed E-state index contributed by atoms with van der Waals surface area (Å²) in [5, 5.41) is 5.38. The number of rotatable bonds is 6. The molecule has 0 atom stereocenters. The maximum atomic E-state index is 11.7. The lowest BCUT2D eigenvalue weighted by atomic mass is 9.96. The van der Waals surface area contributed by atoms with Crippen molar-refractivity contribution in [1.82, 2.24) is 15.5 Å². The summed E-state index contributed by atoms with van der Waals surface area (Å²) >= 11 is 0. The van der Waals surface area contributed by atoms with Crippen molar-refractivity contribution in [2.75, 3.05) is 26.2 Å². The quantitative estimate of drug-likeness (QED) is 0.776. The van der Waals surface area contributed by atoms with Crippen LogP contribution in [-0.4, -0.2) is 42.9 Å². The maximum Gasteiger partial charge on any atom is 0.309 e. The molecule has 2 heterocycles. The van der Waals surface area contributed by atoms with E-state index in [9.17, 15) is 9.59 Å². The molecule has 1 aliphatic rings. The van der Waals surface area contributed by atoms with Gasteiger partial charge in [-0.15, -0.1) is 0 Å². The van der Waals surface area contributed by atoms with E-state index in [0.29, 0.717) is 24.9 Å². The Balaban J connectivity index is 1.62. The summed E-state index contributed by atoms with van der Waals surface area (Å²) in [6, 6.07) is 3.89. The molecular weight excluding hydrogens is 294 g/mol. The molecular formula is C17H27N3O3. The molecule has 2 rings (SSSR count). The van der Waals surface area contributed by atoms with E-state index in [2.05, 4.69) is 15.5 Å². The van der Waals surface area contributed by atoms with Gasteiger partial charge in [0.15, 0.2) is 0 Å². The van der Waals surface area contributed by atoms with Gasteiger partial charge in [-0.05, 0) is 49.9 Å². The molecule has 0 radical (unpaired) electrons. The van der Waals surface area contributed by atoms with E-state index >= 15 is 0 Å². The molecule has 2 N–H and O–H groups in total. The fourth-order valence-corrected chi connectivity index (χ4v) is 2.67. The first-order valence-electron chi connectivity index (χ1n) is 8.35. The third-order valence-corrected chi connectivity index (χ3v) is 4.10. The smallest absolute Gasteiger partial charge is 0.309 e. The van der Waals surface area contributed by atoms with Crippen LogP contribution in [0.3, 0.4) is 0 Å². The van der Waals surface area contributed by atoms with Crippen LogP contribution in [-0.2, 0) is 16.1 Å². The summed E-state index contributed by atoms with van der Waals surface area (Å²) in [5.74, 6) is 0.700. The highest BCUT2D eigenvalue weighted by Gasteiger charge is 2.21. The zero-order valence-corrected chi connectivity index (χ0v) is 14.0. The predicted molar refractivity (Wildman–Crippen MR) is 87.6 cm³/mol. The monoisotopic (exact) mass is 321 g/mol. The van der Waals surface area contributed by atoms with Crippen LogP contribution in [0, 0.1) is 11.8 Å². The van der Waals surface area contributed by atoms with Crippen LogP contribution in [0.2, 0.25) is 0 Å². The molecule has 128 valence electrons. The second kappa shape index (κ2) is 8.72. The molecule has 1 saturated heterocycles. The summed E-state index contributed by atoms with van der Waals surface area (Å²) in [6.45, 7) is 7.90. The van der Waals surface area contributed by atoms with Gasteiger partial charge in [-0.3, -0.25) is 14.5 Å². The minimum absolute atomic E-state index is 0.338. The molecule has 6 nitrogen and oxygen atoms in total. The first-order chi connectivity index (χ1) is 11.0. The van der Waals surface area contributed by atoms with Crippen molar-refractivity contribution in [3.8, 4) is 0 Å². The lowest BCUT2D eigenvalue weighted by Gasteiger charge is -2.31. The number of amides is 2. The van der Waals surface area contributed by atoms with Gasteiger partial charge >= 0.3 is 11.8 Å². The molecule has 0 spiro atoms. The minimum atomic E-state index is -0.533. The first-order valence-corrected chi connectivity index (χ1v) is 8.35. The number of carbonyl (C=O) groups excluding carboxylic acids is 2. The van der Waals surface area contributed by atoms with Crippen LogP contribution in [0.5, 0.6) is 0 Å². The van der Waals surface area contributed by atoms with Crippen LogP contribution >= 0.6 is 0 Å². The van der Waals surface area contributed by atoms with E-state index < -0.39 is 11.8 Å². The van der Waals surface area contributed by atoms with E-state index in [1.54, 1.807) is 6.26 Å². The van der Waals surface area contributed by atoms with Gasteiger partial charge in [-0.25, -0.2) is 0 Å². The Kier molecular flexibility index (Phi) is 6.65. The van der Waals surface area contributed by atoms with Gasteiger partial charge in [0.2, 0.25) is 0 Å². The van der Waals surface area contributed by atoms with Crippen molar-refractivity contribution in [2.24, 2.45) is 11.8 Å². The van der Waals surface area contributed by atoms with Crippen molar-refractivity contribution in [1.29, 1.82) is 0 Å². The third-order valence-electron chi connectivity index (χ3n) is 4.10. The van der Waals surface area contributed by atoms with Gasteiger partial charge in [0, 0.05) is 13.1 Å². The van der Waals surface area contributed by atoms with Crippen molar-refractivity contribution in [3.63, 3.8) is 0 Å². The summed E-state index contributed by atoms with van der Waals surface area (Å²) < 4.78 is 5.36. The number of furan rings is 1. The van der Waals surface area contributed by atoms with Gasteiger partial charge in [0.1, 0.15) is 5.76 Å². The maximum absolute atomic E-state index is 11.7. The zero-order chi connectivity index (χ0) is 16.7. The van der Waals surface area contributed by atoms with E-state index in [0.717, 1.165) is 38.2 Å². The number of nitrogens with one attached hydrogen (secondary N) is 2. The molecule has 0 aliphatic carbocycles. The van der Waals surface area contributed by atoms with Crippen LogP contribution in [0.25, 0.3) is 0 Å². The van der Waals surface area contributed by atoms with Crippen LogP contribution in [0.15, 0.2) is 22.8 Å². The van der Waals surface area contributed by atoms with Gasteiger partial charge in [0.05, 0.1) is 12.8 Å². The summed E-state index contributed by atoms with van der Waals surface area (Å²) in [6.07, 6.45) is 3.74. The molecule has 1 aromatic heterocycles. The Hall–Kier alpha value is -1.82. The van der Waals surface area contributed by atoms with Gasteiger partial charge in [-0.1, -0.05) is 13.8 Å². The summed E-state index contributed by atoms with van der Waals surface area (Å²) in [7, 11) is 0. The third kappa shape index (κ3) is 6.06. The molecule has 1 aliphatic heterocycles. The van der Waals surface area contributed by atoms with Crippen molar-refractivity contribution in [2.45, 2.75) is 33.2 Å². The van der Waals surface area contributed by atoms with Gasteiger partial charge in [0.25, 0.3) is 0 Å². The lowest BCUT2D eigenvalue weighted by molar-refractivity contribution is -0.139. The number of likely N-dealkylation sites (tertiary alicyclic amines) is 1. The molecule has 2 amide bonds. The Bertz CT molecular complexity index is 491. The predicted octanol–water partition coefficient (Wildman–Crippen LogP) is 1.38. The molecule has 0 saturated carbocycles. The number of piperidine rings is 1. The lowest BCUT2D eigenvalue weighted by Crippen LogP contribution is -2.44. The van der Waals surface area contributed by atoms with E-state index in [4.69, 9.17) is 4.42 Å². The Morgan fingerprint density at radius 2 is 1.96 bits per heavy atom. The molecule has 1 aromatic rings. The molecule has 23 heavy (non-hydrogen) atoms. The molecule has 0 bridgehead atoms. The van der Waals surface area contributed by atoms with Gasteiger partial charge < -0.3 is 15.1 Å². The number of hydrogen-bond donors (Lipinski definition) is 2. The standard InChI is InChI=1S/C17H27N3O3/c1-13(2)10-18-16(21)17(22)19-11-14-5-7-20(8-6-14)12-15-4-3-9-23-15/h3-4,9,13-14H,5-8,10-12H2,1-2H3,(H,18,21)(H,19,22). The highest BCUT2D eigenvalue weighted by atomic mass is 16.3. The molecule has 0 unspecified atom stereocenters. The van der Waals surface area contributed by atoms with Crippen LogP contribution in [0.1, 0.15) is 32.4 Å². The minimum Gasteiger partial charge on any atom is -0.468 e. The average molecular weight is 321 g/mol. The summed E-state index contributed by atoms with van der Waals surface area (Å²) in [4.78, 5) is 25.7. The van der Waals surface area contributed by atoms with E-state index in [1.165, 1.54) is 0 Å². The SMILES string of the molecule is CC(C)CNC(=O)C(=O)NCC1CCN(Cc2ccco2)CC1. The topological polar surface area (TPSA) is 74.6 Å². The highest BCUT2D eigenvalue weighted by Crippen LogP contribution is 2.18. The normalized spacial score (nSPS) is 16.5. The number of carbonyl (C=O) groups is 2. The average Bonchev–Trinajstić information content (AvgIpc) is 3.04. The second-order valence-corrected chi connectivity index (χ2v) is 6.61. The Morgan fingerprint density at radius 1 is 1.26 bits per heavy atom. The van der Waals surface area contributed by atoms with Gasteiger partial charge in [-0.2, -0.15) is 0 Å². The molecule has 6 heteroatoms. The Morgan fingerprint density at radius 3 is 2.57 bits per heavy atom. The van der Waals surface area contributed by atoms with Crippen molar-refractivity contribution >= 4 is 11.8 Å². The van der Waals surface area contributed by atoms with Crippen molar-refractivity contribution in [3.05, 3.63) is 24.2 Å².